The Hall–Kier alpha value is -4.82. The molecule has 2 heterocycles. The van der Waals surface area contributed by atoms with Crippen LogP contribution in [0.5, 0.6) is 0 Å². The number of benzene rings is 6. The van der Waals surface area contributed by atoms with Gasteiger partial charge in [-0.15, -0.1) is 0 Å². The van der Waals surface area contributed by atoms with Gasteiger partial charge in [0.1, 0.15) is 0 Å². The van der Waals surface area contributed by atoms with Crippen LogP contribution in [-0.2, 0) is 0 Å². The summed E-state index contributed by atoms with van der Waals surface area (Å²) in [5.41, 5.74) is 14.8. The number of hydrogen-bond acceptors (Lipinski definition) is 2. The van der Waals surface area contributed by atoms with Gasteiger partial charge < -0.3 is 9.80 Å². The lowest BCUT2D eigenvalue weighted by molar-refractivity contribution is 1.17. The van der Waals surface area contributed by atoms with Crippen LogP contribution in [0, 0.1) is 13.8 Å². The van der Waals surface area contributed by atoms with Crippen molar-refractivity contribution in [3.8, 4) is 22.3 Å². The van der Waals surface area contributed by atoms with Gasteiger partial charge in [-0.3, -0.25) is 0 Å². The van der Waals surface area contributed by atoms with Gasteiger partial charge in [-0.05, 0) is 83.3 Å². The van der Waals surface area contributed by atoms with E-state index >= 15 is 0 Å². The molecule has 0 unspecified atom stereocenters. The molecule has 2 aliphatic heterocycles. The monoisotopic (exact) mass is 486 g/mol. The first-order chi connectivity index (χ1) is 18.7. The Labute approximate surface area is 223 Å². The van der Waals surface area contributed by atoms with Crippen molar-refractivity contribution in [2.75, 3.05) is 9.80 Å². The van der Waals surface area contributed by atoms with Crippen LogP contribution in [0.2, 0.25) is 0 Å². The second kappa shape index (κ2) is 7.84. The second-order valence-corrected chi connectivity index (χ2v) is 10.4. The molecule has 0 spiro atoms. The number of anilines is 6. The lowest BCUT2D eigenvalue weighted by atomic mass is 9.89. The second-order valence-electron chi connectivity index (χ2n) is 10.4. The Balaban J connectivity index is 1.56. The maximum atomic E-state index is 2.49. The molecule has 0 saturated heterocycles. The summed E-state index contributed by atoms with van der Waals surface area (Å²) in [6, 6.07) is 44.7. The zero-order chi connectivity index (χ0) is 25.4. The predicted octanol–water partition coefficient (Wildman–Crippen LogP) is 10.4. The molecule has 8 rings (SSSR count). The standard InChI is InChI=1S/C36H26N2/c1-23-20-24(2)22-26(21-23)37-32-15-7-8-16-33(32)38-31-14-6-5-12-28(31)29-19-18-25-10-3-4-11-27(25)35(29)30-13-9-17-34(37)36(30)38/h3-22H,1-2H3. The molecule has 0 amide bonds. The van der Waals surface area contributed by atoms with Crippen LogP contribution in [0.15, 0.2) is 121 Å². The van der Waals surface area contributed by atoms with E-state index in [-0.39, 0.29) is 0 Å². The third-order valence-corrected chi connectivity index (χ3v) is 7.94. The number of hydrogen-bond donors (Lipinski definition) is 0. The lowest BCUT2D eigenvalue weighted by Gasteiger charge is -2.41. The van der Waals surface area contributed by atoms with E-state index in [4.69, 9.17) is 0 Å². The summed E-state index contributed by atoms with van der Waals surface area (Å²) >= 11 is 0. The minimum absolute atomic E-state index is 1.19. The highest BCUT2D eigenvalue weighted by Gasteiger charge is 2.36. The molecule has 6 aromatic rings. The van der Waals surface area contributed by atoms with E-state index < -0.39 is 0 Å². The Morgan fingerprint density at radius 1 is 0.447 bits per heavy atom. The van der Waals surface area contributed by atoms with Gasteiger partial charge in [-0.2, -0.15) is 0 Å². The first-order valence-electron chi connectivity index (χ1n) is 13.2. The fourth-order valence-electron chi connectivity index (χ4n) is 6.53. The van der Waals surface area contributed by atoms with Crippen molar-refractivity contribution in [3.63, 3.8) is 0 Å². The smallest absolute Gasteiger partial charge is 0.0782 e. The summed E-state index contributed by atoms with van der Waals surface area (Å²) in [5, 5.41) is 2.55. The highest BCUT2D eigenvalue weighted by molar-refractivity contribution is 6.16. The molecule has 0 aromatic heterocycles. The van der Waals surface area contributed by atoms with Crippen LogP contribution >= 0.6 is 0 Å². The van der Waals surface area contributed by atoms with Gasteiger partial charge in [0.15, 0.2) is 0 Å². The molecule has 0 radical (unpaired) electrons. The van der Waals surface area contributed by atoms with Crippen LogP contribution in [0.4, 0.5) is 34.1 Å². The molecule has 0 aliphatic carbocycles. The Kier molecular flexibility index (Phi) is 4.39. The van der Waals surface area contributed by atoms with E-state index in [2.05, 4.69) is 145 Å². The summed E-state index contributed by atoms with van der Waals surface area (Å²) < 4.78 is 0. The van der Waals surface area contributed by atoms with Gasteiger partial charge in [0.05, 0.1) is 28.4 Å². The number of nitrogens with zero attached hydrogens (tertiary/aromatic N) is 2. The van der Waals surface area contributed by atoms with Crippen LogP contribution < -0.4 is 9.80 Å². The van der Waals surface area contributed by atoms with E-state index in [1.165, 1.54) is 78.3 Å². The van der Waals surface area contributed by atoms with Crippen LogP contribution in [0.3, 0.4) is 0 Å². The van der Waals surface area contributed by atoms with Gasteiger partial charge >= 0.3 is 0 Å². The maximum absolute atomic E-state index is 2.49. The van der Waals surface area contributed by atoms with Crippen molar-refractivity contribution < 1.29 is 0 Å². The summed E-state index contributed by atoms with van der Waals surface area (Å²) in [6.07, 6.45) is 0. The molecular weight excluding hydrogens is 460 g/mol. The van der Waals surface area contributed by atoms with E-state index in [9.17, 15) is 0 Å². The highest BCUT2D eigenvalue weighted by atomic mass is 15.3. The number of fused-ring (bicyclic) bond motifs is 9. The van der Waals surface area contributed by atoms with E-state index in [0.717, 1.165) is 0 Å². The van der Waals surface area contributed by atoms with E-state index in [1.807, 2.05) is 0 Å². The molecule has 0 fully saturated rings. The fraction of sp³-hybridized carbons (Fsp3) is 0.0556. The Morgan fingerprint density at radius 3 is 1.89 bits per heavy atom. The highest BCUT2D eigenvalue weighted by Crippen LogP contribution is 2.61. The Bertz CT molecular complexity index is 1900. The number of rotatable bonds is 1. The van der Waals surface area contributed by atoms with Crippen molar-refractivity contribution in [2.45, 2.75) is 13.8 Å². The molecule has 2 aliphatic rings. The lowest BCUT2D eigenvalue weighted by Crippen LogP contribution is -2.24. The van der Waals surface area contributed by atoms with Crippen molar-refractivity contribution in [2.24, 2.45) is 0 Å². The van der Waals surface area contributed by atoms with Gasteiger partial charge in [-0.1, -0.05) is 84.9 Å². The molecule has 0 bridgehead atoms. The van der Waals surface area contributed by atoms with Crippen molar-refractivity contribution in [1.29, 1.82) is 0 Å². The van der Waals surface area contributed by atoms with E-state index in [1.54, 1.807) is 0 Å². The Morgan fingerprint density at radius 2 is 1.08 bits per heavy atom. The molecule has 0 N–H and O–H groups in total. The first-order valence-corrected chi connectivity index (χ1v) is 13.2. The van der Waals surface area contributed by atoms with E-state index in [0.29, 0.717) is 0 Å². The molecule has 0 atom stereocenters. The quantitative estimate of drug-likeness (QED) is 0.228. The SMILES string of the molecule is Cc1cc(C)cc(N2c3ccccc3N3c4ccccc4-c4ccc5ccccc5c4-c4cccc2c43)c1. The van der Waals surface area contributed by atoms with Crippen molar-refractivity contribution >= 4 is 44.9 Å². The van der Waals surface area contributed by atoms with Crippen LogP contribution in [0.1, 0.15) is 11.1 Å². The molecule has 180 valence electrons. The molecule has 38 heavy (non-hydrogen) atoms. The average Bonchev–Trinajstić information content (AvgIpc) is 3.07. The molecule has 0 saturated carbocycles. The third-order valence-electron chi connectivity index (χ3n) is 7.94. The minimum Gasteiger partial charge on any atom is -0.306 e. The van der Waals surface area contributed by atoms with Gasteiger partial charge in [0.25, 0.3) is 0 Å². The maximum Gasteiger partial charge on any atom is 0.0782 e. The summed E-state index contributed by atoms with van der Waals surface area (Å²) in [5.74, 6) is 0. The third kappa shape index (κ3) is 2.89. The molecule has 2 heteroatoms. The summed E-state index contributed by atoms with van der Waals surface area (Å²) in [6.45, 7) is 4.37. The predicted molar refractivity (Wildman–Crippen MR) is 161 cm³/mol. The molecule has 6 aromatic carbocycles. The van der Waals surface area contributed by atoms with Gasteiger partial charge in [0.2, 0.25) is 0 Å². The molecule has 2 nitrogen and oxygen atoms in total. The average molecular weight is 487 g/mol. The topological polar surface area (TPSA) is 6.48 Å². The zero-order valence-electron chi connectivity index (χ0n) is 21.4. The van der Waals surface area contributed by atoms with Crippen molar-refractivity contribution in [1.82, 2.24) is 0 Å². The van der Waals surface area contributed by atoms with Crippen LogP contribution in [0.25, 0.3) is 33.0 Å². The summed E-state index contributed by atoms with van der Waals surface area (Å²) in [4.78, 5) is 4.94. The van der Waals surface area contributed by atoms with Gasteiger partial charge in [-0.25, -0.2) is 0 Å². The fourth-order valence-corrected chi connectivity index (χ4v) is 6.53. The minimum atomic E-state index is 1.19. The van der Waals surface area contributed by atoms with Crippen molar-refractivity contribution in [3.05, 3.63) is 132 Å². The molecular formula is C36H26N2. The van der Waals surface area contributed by atoms with Crippen LogP contribution in [-0.4, -0.2) is 0 Å². The largest absolute Gasteiger partial charge is 0.306 e. The first kappa shape index (κ1) is 21.3. The van der Waals surface area contributed by atoms with Gasteiger partial charge in [0, 0.05) is 16.8 Å². The normalized spacial score (nSPS) is 12.9. The number of aryl methyl sites for hydroxylation is 2. The number of para-hydroxylation sites is 4. The summed E-state index contributed by atoms with van der Waals surface area (Å²) in [7, 11) is 0. The zero-order valence-corrected chi connectivity index (χ0v) is 21.4.